The van der Waals surface area contributed by atoms with E-state index in [0.717, 1.165) is 22.9 Å². The molecule has 0 saturated heterocycles. The molecular formula is C14H17BrFNO. The molecule has 98 valence electrons. The van der Waals surface area contributed by atoms with Crippen molar-refractivity contribution in [3.63, 3.8) is 0 Å². The predicted molar refractivity (Wildman–Crippen MR) is 72.5 cm³/mol. The van der Waals surface area contributed by atoms with Gasteiger partial charge >= 0.3 is 0 Å². The molecule has 1 aromatic carbocycles. The highest BCUT2D eigenvalue weighted by molar-refractivity contribution is 9.10. The van der Waals surface area contributed by atoms with E-state index in [1.54, 1.807) is 12.1 Å². The fraction of sp³-hybridized carbons (Fsp3) is 0.500. The van der Waals surface area contributed by atoms with E-state index in [1.165, 1.54) is 6.07 Å². The van der Waals surface area contributed by atoms with Crippen LogP contribution < -0.4 is 5.73 Å². The molecule has 0 bridgehead atoms. The van der Waals surface area contributed by atoms with Gasteiger partial charge in [-0.3, -0.25) is 4.79 Å². The largest absolute Gasteiger partial charge is 0.370 e. The van der Waals surface area contributed by atoms with Crippen LogP contribution in [0.1, 0.15) is 37.7 Å². The van der Waals surface area contributed by atoms with Crippen LogP contribution in [0.3, 0.4) is 0 Å². The Hall–Kier alpha value is -0.900. The predicted octanol–water partition coefficient (Wildman–Crippen LogP) is 3.59. The Morgan fingerprint density at radius 3 is 3.00 bits per heavy atom. The number of halogens is 2. The Morgan fingerprint density at radius 2 is 2.33 bits per heavy atom. The lowest BCUT2D eigenvalue weighted by Crippen LogP contribution is -2.12. The number of nitrogens with two attached hydrogens (primary N) is 1. The second-order valence-corrected chi connectivity index (χ2v) is 6.01. The maximum absolute atomic E-state index is 13.2. The van der Waals surface area contributed by atoms with E-state index in [4.69, 9.17) is 5.73 Å². The lowest BCUT2D eigenvalue weighted by molar-refractivity contribution is -0.118. The van der Waals surface area contributed by atoms with Gasteiger partial charge < -0.3 is 5.73 Å². The molecular weight excluding hydrogens is 297 g/mol. The topological polar surface area (TPSA) is 43.1 Å². The van der Waals surface area contributed by atoms with Crippen molar-refractivity contribution in [1.29, 1.82) is 0 Å². The maximum Gasteiger partial charge on any atom is 0.217 e. The SMILES string of the molecule is CC(CCC(N)=O)C1CC1c1cc(F)ccc1Br. The van der Waals surface area contributed by atoms with Crippen LogP contribution in [0.4, 0.5) is 4.39 Å². The summed E-state index contributed by atoms with van der Waals surface area (Å²) in [6.45, 7) is 2.14. The summed E-state index contributed by atoms with van der Waals surface area (Å²) in [5, 5.41) is 0. The van der Waals surface area contributed by atoms with Gasteiger partial charge in [-0.2, -0.15) is 0 Å². The zero-order valence-corrected chi connectivity index (χ0v) is 11.9. The molecule has 4 heteroatoms. The highest BCUT2D eigenvalue weighted by atomic mass is 79.9. The molecule has 1 fully saturated rings. The zero-order valence-electron chi connectivity index (χ0n) is 10.3. The summed E-state index contributed by atoms with van der Waals surface area (Å²) >= 11 is 3.47. The number of carbonyl (C=O) groups is 1. The van der Waals surface area contributed by atoms with Crippen LogP contribution in [-0.4, -0.2) is 5.91 Å². The Labute approximate surface area is 115 Å². The first-order chi connectivity index (χ1) is 8.49. The average molecular weight is 314 g/mol. The number of primary amides is 1. The van der Waals surface area contributed by atoms with Gasteiger partial charge in [-0.05, 0) is 54.4 Å². The molecule has 0 aromatic heterocycles. The van der Waals surface area contributed by atoms with Crippen LogP contribution in [-0.2, 0) is 4.79 Å². The molecule has 0 radical (unpaired) electrons. The van der Waals surface area contributed by atoms with Crippen LogP contribution in [0.15, 0.2) is 22.7 Å². The summed E-state index contributed by atoms with van der Waals surface area (Å²) in [6.07, 6.45) is 2.33. The molecule has 3 atom stereocenters. The number of rotatable bonds is 5. The molecule has 18 heavy (non-hydrogen) atoms. The molecule has 3 unspecified atom stereocenters. The third-order valence-corrected chi connectivity index (χ3v) is 4.50. The van der Waals surface area contributed by atoms with E-state index in [9.17, 15) is 9.18 Å². The zero-order chi connectivity index (χ0) is 13.3. The van der Waals surface area contributed by atoms with Crippen LogP contribution in [0.25, 0.3) is 0 Å². The monoisotopic (exact) mass is 313 g/mol. The van der Waals surface area contributed by atoms with Crippen LogP contribution >= 0.6 is 15.9 Å². The molecule has 0 aliphatic heterocycles. The lowest BCUT2D eigenvalue weighted by Gasteiger charge is -2.10. The van der Waals surface area contributed by atoms with Gasteiger partial charge in [-0.15, -0.1) is 0 Å². The average Bonchev–Trinajstić information content (AvgIpc) is 3.09. The fourth-order valence-electron chi connectivity index (χ4n) is 2.58. The van der Waals surface area contributed by atoms with Gasteiger partial charge in [-0.1, -0.05) is 22.9 Å². The van der Waals surface area contributed by atoms with Gasteiger partial charge in [-0.25, -0.2) is 4.39 Å². The number of benzene rings is 1. The quantitative estimate of drug-likeness (QED) is 0.887. The smallest absolute Gasteiger partial charge is 0.217 e. The second-order valence-electron chi connectivity index (χ2n) is 5.15. The Kier molecular flexibility index (Phi) is 4.05. The number of amides is 1. The highest BCUT2D eigenvalue weighted by Crippen LogP contribution is 2.54. The number of hydrogen-bond donors (Lipinski definition) is 1. The van der Waals surface area contributed by atoms with E-state index in [-0.39, 0.29) is 11.7 Å². The van der Waals surface area contributed by atoms with Crippen molar-refractivity contribution in [2.45, 2.75) is 32.1 Å². The highest BCUT2D eigenvalue weighted by Gasteiger charge is 2.42. The second kappa shape index (κ2) is 5.39. The van der Waals surface area contributed by atoms with Crippen molar-refractivity contribution in [3.05, 3.63) is 34.1 Å². The molecule has 1 aliphatic rings. The van der Waals surface area contributed by atoms with Crippen molar-refractivity contribution in [1.82, 2.24) is 0 Å². The Balaban J connectivity index is 1.98. The minimum absolute atomic E-state index is 0.191. The van der Waals surface area contributed by atoms with Gasteiger partial charge in [0.15, 0.2) is 0 Å². The summed E-state index contributed by atoms with van der Waals surface area (Å²) < 4.78 is 14.2. The van der Waals surface area contributed by atoms with Gasteiger partial charge in [0.25, 0.3) is 0 Å². The van der Waals surface area contributed by atoms with Gasteiger partial charge in [0.05, 0.1) is 0 Å². The van der Waals surface area contributed by atoms with Gasteiger partial charge in [0, 0.05) is 10.9 Å². The van der Waals surface area contributed by atoms with Crippen molar-refractivity contribution >= 4 is 21.8 Å². The minimum atomic E-state index is -0.244. The van der Waals surface area contributed by atoms with E-state index in [0.29, 0.717) is 24.2 Å². The third kappa shape index (κ3) is 3.10. The van der Waals surface area contributed by atoms with Crippen LogP contribution in [0, 0.1) is 17.7 Å². The molecule has 1 aromatic rings. The van der Waals surface area contributed by atoms with Crippen molar-refractivity contribution < 1.29 is 9.18 Å². The van der Waals surface area contributed by atoms with Crippen molar-refractivity contribution in [2.75, 3.05) is 0 Å². The van der Waals surface area contributed by atoms with E-state index < -0.39 is 0 Å². The normalized spacial score (nSPS) is 23.7. The Morgan fingerprint density at radius 1 is 1.61 bits per heavy atom. The molecule has 1 amide bonds. The van der Waals surface area contributed by atoms with E-state index >= 15 is 0 Å². The first-order valence-corrected chi connectivity index (χ1v) is 7.01. The summed E-state index contributed by atoms with van der Waals surface area (Å²) in [4.78, 5) is 10.8. The van der Waals surface area contributed by atoms with Gasteiger partial charge in [0.1, 0.15) is 5.82 Å². The minimum Gasteiger partial charge on any atom is -0.370 e. The molecule has 2 N–H and O–H groups in total. The summed E-state index contributed by atoms with van der Waals surface area (Å²) in [7, 11) is 0. The summed E-state index contributed by atoms with van der Waals surface area (Å²) in [5.41, 5.74) is 6.20. The van der Waals surface area contributed by atoms with Crippen LogP contribution in [0.2, 0.25) is 0 Å². The summed E-state index contributed by atoms with van der Waals surface area (Å²) in [5.74, 6) is 0.979. The first-order valence-electron chi connectivity index (χ1n) is 6.22. The molecule has 1 aliphatic carbocycles. The summed E-state index contributed by atoms with van der Waals surface area (Å²) in [6, 6.07) is 4.82. The fourth-order valence-corrected chi connectivity index (χ4v) is 3.12. The first kappa shape index (κ1) is 13.5. The molecule has 2 rings (SSSR count). The van der Waals surface area contributed by atoms with Crippen LogP contribution in [0.5, 0.6) is 0 Å². The molecule has 0 heterocycles. The Bertz CT molecular complexity index is 463. The lowest BCUT2D eigenvalue weighted by atomic mass is 9.96. The van der Waals surface area contributed by atoms with E-state index in [1.807, 2.05) is 0 Å². The molecule has 2 nitrogen and oxygen atoms in total. The van der Waals surface area contributed by atoms with Gasteiger partial charge in [0.2, 0.25) is 5.91 Å². The molecule has 1 saturated carbocycles. The maximum atomic E-state index is 13.2. The standard InChI is InChI=1S/C14H17BrFNO/c1-8(2-5-14(17)18)10-7-11(10)12-6-9(16)3-4-13(12)15/h3-4,6,8,10-11H,2,5,7H2,1H3,(H2,17,18). The number of hydrogen-bond acceptors (Lipinski definition) is 1. The van der Waals surface area contributed by atoms with Crippen molar-refractivity contribution in [3.8, 4) is 0 Å². The van der Waals surface area contributed by atoms with Crippen molar-refractivity contribution in [2.24, 2.45) is 17.6 Å². The third-order valence-electron chi connectivity index (χ3n) is 3.77. The molecule has 0 spiro atoms. The number of carbonyl (C=O) groups excluding carboxylic acids is 1. The van der Waals surface area contributed by atoms with E-state index in [2.05, 4.69) is 22.9 Å².